The highest BCUT2D eigenvalue weighted by Gasteiger charge is 2.30. The van der Waals surface area contributed by atoms with Crippen molar-refractivity contribution in [3.8, 4) is 0 Å². The van der Waals surface area contributed by atoms with E-state index >= 15 is 0 Å². The van der Waals surface area contributed by atoms with Gasteiger partial charge in [0.05, 0.1) is 10.3 Å². The van der Waals surface area contributed by atoms with Crippen LogP contribution >= 0.6 is 11.6 Å². The topological polar surface area (TPSA) is 105 Å². The second kappa shape index (κ2) is 8.13. The molecule has 11 heteroatoms. The van der Waals surface area contributed by atoms with Gasteiger partial charge >= 0.3 is 0 Å². The van der Waals surface area contributed by atoms with Crippen LogP contribution in [0.5, 0.6) is 0 Å². The molecule has 1 fully saturated rings. The summed E-state index contributed by atoms with van der Waals surface area (Å²) in [4.78, 5) is 26.8. The van der Waals surface area contributed by atoms with Gasteiger partial charge in [-0.1, -0.05) is 28.9 Å². The number of aromatic nitrogens is 3. The number of benzene rings is 2. The molecule has 0 unspecified atom stereocenters. The molecule has 3 aromatic rings. The number of nitrogens with zero attached hydrogens (tertiary/aromatic N) is 5. The summed E-state index contributed by atoms with van der Waals surface area (Å²) < 4.78 is 27.9. The van der Waals surface area contributed by atoms with E-state index in [1.807, 2.05) is 0 Å². The van der Waals surface area contributed by atoms with E-state index in [-0.39, 0.29) is 43.5 Å². The molecule has 0 saturated carbocycles. The molecule has 0 radical (unpaired) electrons. The second-order valence-electron chi connectivity index (χ2n) is 6.81. The molecule has 1 saturated heterocycles. The van der Waals surface area contributed by atoms with Crippen molar-refractivity contribution >= 4 is 38.4 Å². The largest absolute Gasteiger partial charge is 0.338 e. The lowest BCUT2D eigenvalue weighted by Gasteiger charge is -2.34. The normalized spacial score (nSPS) is 15.4. The molecule has 1 aromatic heterocycles. The first kappa shape index (κ1) is 20.5. The molecule has 156 valence electrons. The first-order valence-corrected chi connectivity index (χ1v) is 11.0. The monoisotopic (exact) mass is 447 g/mol. The van der Waals surface area contributed by atoms with Gasteiger partial charge in [0.2, 0.25) is 15.9 Å². The summed E-state index contributed by atoms with van der Waals surface area (Å²) in [7, 11) is -3.66. The van der Waals surface area contributed by atoms with E-state index in [9.17, 15) is 18.0 Å². The molecule has 1 amide bonds. The van der Waals surface area contributed by atoms with Gasteiger partial charge in [-0.05, 0) is 36.4 Å². The molecule has 4 rings (SSSR count). The molecule has 0 aliphatic carbocycles. The zero-order valence-electron chi connectivity index (χ0n) is 15.8. The second-order valence-corrected chi connectivity index (χ2v) is 9.18. The number of hydrogen-bond acceptors (Lipinski definition) is 6. The number of amides is 1. The summed E-state index contributed by atoms with van der Waals surface area (Å²) >= 11 is 5.82. The molecule has 0 bridgehead atoms. The van der Waals surface area contributed by atoms with Crippen LogP contribution < -0.4 is 5.56 Å². The van der Waals surface area contributed by atoms with Gasteiger partial charge in [0.1, 0.15) is 12.1 Å². The number of piperazine rings is 1. The number of halogens is 1. The van der Waals surface area contributed by atoms with E-state index in [1.165, 1.54) is 33.5 Å². The Labute approximate surface area is 177 Å². The Balaban J connectivity index is 1.43. The van der Waals surface area contributed by atoms with E-state index < -0.39 is 15.6 Å². The summed E-state index contributed by atoms with van der Waals surface area (Å²) in [5.74, 6) is -0.315. The zero-order valence-corrected chi connectivity index (χ0v) is 17.4. The maximum absolute atomic E-state index is 12.8. The van der Waals surface area contributed by atoms with Crippen LogP contribution in [-0.2, 0) is 21.4 Å². The van der Waals surface area contributed by atoms with Gasteiger partial charge in [0.15, 0.2) is 0 Å². The molecular weight excluding hydrogens is 430 g/mol. The van der Waals surface area contributed by atoms with Crippen molar-refractivity contribution in [2.24, 2.45) is 0 Å². The van der Waals surface area contributed by atoms with Gasteiger partial charge < -0.3 is 4.90 Å². The molecule has 0 spiro atoms. The minimum absolute atomic E-state index is 0.157. The van der Waals surface area contributed by atoms with Gasteiger partial charge in [0.25, 0.3) is 5.56 Å². The first-order valence-electron chi connectivity index (χ1n) is 9.22. The van der Waals surface area contributed by atoms with Gasteiger partial charge in [-0.3, -0.25) is 9.59 Å². The lowest BCUT2D eigenvalue weighted by Crippen LogP contribution is -2.51. The van der Waals surface area contributed by atoms with Crippen molar-refractivity contribution in [2.45, 2.75) is 11.4 Å². The number of sulfonamides is 1. The molecule has 0 atom stereocenters. The molecule has 9 nitrogen and oxygen atoms in total. The van der Waals surface area contributed by atoms with E-state index in [4.69, 9.17) is 11.6 Å². The summed E-state index contributed by atoms with van der Waals surface area (Å²) in [5, 5.41) is 8.64. The van der Waals surface area contributed by atoms with Crippen molar-refractivity contribution in [3.63, 3.8) is 0 Å². The van der Waals surface area contributed by atoms with E-state index in [1.54, 1.807) is 24.3 Å². The third-order valence-electron chi connectivity index (χ3n) is 4.96. The van der Waals surface area contributed by atoms with Crippen molar-refractivity contribution < 1.29 is 13.2 Å². The van der Waals surface area contributed by atoms with Crippen LogP contribution in [0.1, 0.15) is 0 Å². The molecule has 1 aliphatic heterocycles. The highest BCUT2D eigenvalue weighted by atomic mass is 35.5. The Morgan fingerprint density at radius 3 is 2.37 bits per heavy atom. The first-order chi connectivity index (χ1) is 14.4. The van der Waals surface area contributed by atoms with Crippen LogP contribution in [0.3, 0.4) is 0 Å². The highest BCUT2D eigenvalue weighted by Crippen LogP contribution is 2.20. The maximum atomic E-state index is 12.8. The number of fused-ring (bicyclic) bond motifs is 1. The number of hydrogen-bond donors (Lipinski definition) is 0. The molecule has 2 aromatic carbocycles. The van der Waals surface area contributed by atoms with Crippen LogP contribution in [0, 0.1) is 0 Å². The standard InChI is InChI=1S/C19H18ClN5O4S/c20-14-5-7-15(8-6-14)30(28,29)24-11-9-23(10-12-24)18(26)13-25-19(27)16-3-1-2-4-17(16)21-22-25/h1-8H,9-13H2. The quantitative estimate of drug-likeness (QED) is 0.590. The molecular formula is C19H18ClN5O4S. The minimum Gasteiger partial charge on any atom is -0.338 e. The Kier molecular flexibility index (Phi) is 5.54. The van der Waals surface area contributed by atoms with Crippen LogP contribution in [0.25, 0.3) is 10.9 Å². The third-order valence-corrected chi connectivity index (χ3v) is 7.12. The Bertz CT molecular complexity index is 1250. The summed E-state index contributed by atoms with van der Waals surface area (Å²) in [6.07, 6.45) is 0. The molecule has 2 heterocycles. The molecule has 1 aliphatic rings. The summed E-state index contributed by atoms with van der Waals surface area (Å²) in [6, 6.07) is 12.7. The van der Waals surface area contributed by atoms with Crippen molar-refractivity contribution in [1.29, 1.82) is 0 Å². The van der Waals surface area contributed by atoms with Crippen molar-refractivity contribution in [2.75, 3.05) is 26.2 Å². The number of carbonyl (C=O) groups excluding carboxylic acids is 1. The lowest BCUT2D eigenvalue weighted by molar-refractivity contribution is -0.133. The van der Waals surface area contributed by atoms with E-state index in [2.05, 4.69) is 10.3 Å². The van der Waals surface area contributed by atoms with Gasteiger partial charge in [-0.15, -0.1) is 5.10 Å². The maximum Gasteiger partial charge on any atom is 0.278 e. The molecule has 0 N–H and O–H groups in total. The summed E-state index contributed by atoms with van der Waals surface area (Å²) in [6.45, 7) is 0.521. The minimum atomic E-state index is -3.66. The predicted octanol–water partition coefficient (Wildman–Crippen LogP) is 0.978. The van der Waals surface area contributed by atoms with E-state index in [0.29, 0.717) is 15.9 Å². The smallest absolute Gasteiger partial charge is 0.278 e. The Morgan fingerprint density at radius 1 is 1.00 bits per heavy atom. The van der Waals surface area contributed by atoms with Crippen LogP contribution in [0.2, 0.25) is 5.02 Å². The fourth-order valence-corrected chi connectivity index (χ4v) is 4.84. The van der Waals surface area contributed by atoms with E-state index in [0.717, 1.165) is 4.68 Å². The number of rotatable bonds is 4. The Hall–Kier alpha value is -2.82. The van der Waals surface area contributed by atoms with Crippen molar-refractivity contribution in [1.82, 2.24) is 24.2 Å². The van der Waals surface area contributed by atoms with Crippen molar-refractivity contribution in [3.05, 3.63) is 63.9 Å². The lowest BCUT2D eigenvalue weighted by atomic mass is 10.2. The van der Waals surface area contributed by atoms with Gasteiger partial charge in [-0.25, -0.2) is 13.1 Å². The van der Waals surface area contributed by atoms with Gasteiger partial charge in [-0.2, -0.15) is 4.31 Å². The molecule has 30 heavy (non-hydrogen) atoms. The third kappa shape index (κ3) is 3.93. The highest BCUT2D eigenvalue weighted by molar-refractivity contribution is 7.89. The fraction of sp³-hybridized carbons (Fsp3) is 0.263. The van der Waals surface area contributed by atoms with Gasteiger partial charge in [0, 0.05) is 31.2 Å². The predicted molar refractivity (Wildman–Crippen MR) is 111 cm³/mol. The number of carbonyl (C=O) groups is 1. The van der Waals surface area contributed by atoms with Crippen LogP contribution in [-0.4, -0.2) is 64.7 Å². The fourth-order valence-electron chi connectivity index (χ4n) is 3.29. The average Bonchev–Trinajstić information content (AvgIpc) is 2.76. The van der Waals surface area contributed by atoms with Crippen LogP contribution in [0.4, 0.5) is 0 Å². The summed E-state index contributed by atoms with van der Waals surface area (Å²) in [5.41, 5.74) is 0.0742. The Morgan fingerprint density at radius 2 is 1.67 bits per heavy atom. The van der Waals surface area contributed by atoms with Crippen LogP contribution in [0.15, 0.2) is 58.2 Å². The zero-order chi connectivity index (χ0) is 21.3. The SMILES string of the molecule is O=C(Cn1nnc2ccccc2c1=O)N1CCN(S(=O)(=O)c2ccc(Cl)cc2)CC1. The average molecular weight is 448 g/mol.